The van der Waals surface area contributed by atoms with Gasteiger partial charge >= 0.3 is 5.97 Å². The highest BCUT2D eigenvalue weighted by atomic mass is 35.5. The molecule has 4 nitrogen and oxygen atoms in total. The number of aromatic nitrogens is 2. The predicted molar refractivity (Wildman–Crippen MR) is 71.8 cm³/mol. The second-order valence-corrected chi connectivity index (χ2v) is 4.33. The number of aryl methyl sites for hydroxylation is 2. The van der Waals surface area contributed by atoms with Crippen molar-refractivity contribution in [1.29, 1.82) is 0 Å². The first-order valence-electron chi connectivity index (χ1n) is 5.61. The number of carboxylic acids is 1. The summed E-state index contributed by atoms with van der Waals surface area (Å²) < 4.78 is 1.96. The van der Waals surface area contributed by atoms with Crippen LogP contribution in [-0.4, -0.2) is 20.6 Å². The number of carbonyl (C=O) groups is 1. The second kappa shape index (κ2) is 4.82. The van der Waals surface area contributed by atoms with Gasteiger partial charge in [-0.15, -0.1) is 0 Å². The lowest BCUT2D eigenvalue weighted by Gasteiger charge is -2.03. The number of benzene rings is 1. The Morgan fingerprint density at radius 3 is 2.89 bits per heavy atom. The fourth-order valence-corrected chi connectivity index (χ4v) is 2.08. The third-order valence-corrected chi connectivity index (χ3v) is 3.24. The highest BCUT2D eigenvalue weighted by Crippen LogP contribution is 2.26. The summed E-state index contributed by atoms with van der Waals surface area (Å²) in [5.74, 6) is -0.361. The van der Waals surface area contributed by atoms with Crippen LogP contribution < -0.4 is 0 Å². The van der Waals surface area contributed by atoms with Crippen LogP contribution >= 0.6 is 11.6 Å². The number of nitrogens with zero attached hydrogens (tertiary/aromatic N) is 2. The maximum atomic E-state index is 10.6. The van der Waals surface area contributed by atoms with Crippen molar-refractivity contribution in [2.45, 2.75) is 20.4 Å². The van der Waals surface area contributed by atoms with E-state index in [0.29, 0.717) is 10.8 Å². The molecule has 0 saturated carbocycles. The average Bonchev–Trinajstić information content (AvgIpc) is 2.69. The molecule has 5 heteroatoms. The first-order chi connectivity index (χ1) is 8.54. The number of halogens is 1. The molecule has 0 saturated heterocycles. The van der Waals surface area contributed by atoms with Crippen LogP contribution in [0.4, 0.5) is 0 Å². The molecule has 0 radical (unpaired) electrons. The zero-order chi connectivity index (χ0) is 13.3. The van der Waals surface area contributed by atoms with E-state index in [1.54, 1.807) is 0 Å². The van der Waals surface area contributed by atoms with E-state index in [2.05, 4.69) is 4.98 Å². The van der Waals surface area contributed by atoms with Gasteiger partial charge in [0, 0.05) is 17.6 Å². The van der Waals surface area contributed by atoms with Gasteiger partial charge in [-0.05, 0) is 37.6 Å². The molecule has 1 aromatic carbocycles. The lowest BCUT2D eigenvalue weighted by Crippen LogP contribution is -1.97. The van der Waals surface area contributed by atoms with Crippen LogP contribution in [0, 0.1) is 6.92 Å². The van der Waals surface area contributed by atoms with Crippen molar-refractivity contribution < 1.29 is 9.90 Å². The number of carboxylic acid groups (broad SMARTS) is 1. The number of hydrogen-bond acceptors (Lipinski definition) is 2. The molecule has 0 atom stereocenters. The van der Waals surface area contributed by atoms with Crippen LogP contribution in [0.15, 0.2) is 18.2 Å². The Morgan fingerprint density at radius 2 is 2.28 bits per heavy atom. The molecule has 0 aliphatic rings. The molecule has 1 N–H and O–H groups in total. The monoisotopic (exact) mass is 264 g/mol. The van der Waals surface area contributed by atoms with Crippen molar-refractivity contribution in [3.05, 3.63) is 34.6 Å². The summed E-state index contributed by atoms with van der Waals surface area (Å²) in [5, 5.41) is 9.33. The molecule has 2 rings (SSSR count). The van der Waals surface area contributed by atoms with Crippen molar-refractivity contribution in [3.8, 4) is 0 Å². The van der Waals surface area contributed by atoms with E-state index in [4.69, 9.17) is 16.7 Å². The van der Waals surface area contributed by atoms with Crippen molar-refractivity contribution in [2.75, 3.05) is 0 Å². The van der Waals surface area contributed by atoms with Crippen LogP contribution in [0.2, 0.25) is 5.02 Å². The minimum atomic E-state index is -0.987. The van der Waals surface area contributed by atoms with E-state index in [1.165, 1.54) is 6.08 Å². The lowest BCUT2D eigenvalue weighted by atomic mass is 10.2. The van der Waals surface area contributed by atoms with Gasteiger partial charge in [-0.3, -0.25) is 0 Å². The standard InChI is InChI=1S/C13H13ClN2O2/c1-3-16-10-5-4-9(14)8(2)13(10)15-11(16)6-7-12(17)18/h4-7H,3H2,1-2H3,(H,17,18)/b7-6+. The molecule has 0 fully saturated rings. The number of imidazole rings is 1. The summed E-state index contributed by atoms with van der Waals surface area (Å²) in [4.78, 5) is 15.0. The van der Waals surface area contributed by atoms with E-state index in [-0.39, 0.29) is 0 Å². The minimum absolute atomic E-state index is 0.625. The normalized spacial score (nSPS) is 11.5. The number of hydrogen-bond donors (Lipinski definition) is 1. The van der Waals surface area contributed by atoms with Gasteiger partial charge < -0.3 is 9.67 Å². The van der Waals surface area contributed by atoms with Gasteiger partial charge in [0.2, 0.25) is 0 Å². The van der Waals surface area contributed by atoms with Crippen molar-refractivity contribution in [3.63, 3.8) is 0 Å². The zero-order valence-electron chi connectivity index (χ0n) is 10.1. The van der Waals surface area contributed by atoms with Gasteiger partial charge in [-0.2, -0.15) is 0 Å². The highest BCUT2D eigenvalue weighted by molar-refractivity contribution is 6.32. The molecular weight excluding hydrogens is 252 g/mol. The third kappa shape index (κ3) is 2.11. The summed E-state index contributed by atoms with van der Waals surface area (Å²) in [7, 11) is 0. The van der Waals surface area contributed by atoms with E-state index in [1.807, 2.05) is 30.5 Å². The summed E-state index contributed by atoms with van der Waals surface area (Å²) in [6.07, 6.45) is 2.59. The fraction of sp³-hybridized carbons (Fsp3) is 0.231. The predicted octanol–water partition coefficient (Wildman–Crippen LogP) is 3.12. The summed E-state index contributed by atoms with van der Waals surface area (Å²) in [5.41, 5.74) is 2.69. The van der Waals surface area contributed by atoms with Crippen LogP contribution in [0.3, 0.4) is 0 Å². The molecule has 1 heterocycles. The molecule has 0 aliphatic heterocycles. The Labute approximate surface area is 110 Å². The highest BCUT2D eigenvalue weighted by Gasteiger charge is 2.11. The van der Waals surface area contributed by atoms with Gasteiger partial charge in [0.05, 0.1) is 11.0 Å². The maximum absolute atomic E-state index is 10.6. The van der Waals surface area contributed by atoms with Crippen molar-refractivity contribution >= 4 is 34.7 Å². The largest absolute Gasteiger partial charge is 0.478 e. The Morgan fingerprint density at radius 1 is 1.56 bits per heavy atom. The molecule has 18 heavy (non-hydrogen) atoms. The SMILES string of the molecule is CCn1c(/C=C/C(=O)O)nc2c(C)c(Cl)ccc21. The van der Waals surface area contributed by atoms with E-state index >= 15 is 0 Å². The summed E-state index contributed by atoms with van der Waals surface area (Å²) >= 11 is 6.06. The van der Waals surface area contributed by atoms with Gasteiger partial charge in [0.1, 0.15) is 5.82 Å². The molecule has 0 unspecified atom stereocenters. The molecule has 0 aliphatic carbocycles. The van der Waals surface area contributed by atoms with Gasteiger partial charge in [0.25, 0.3) is 0 Å². The number of rotatable bonds is 3. The Balaban J connectivity index is 2.68. The second-order valence-electron chi connectivity index (χ2n) is 3.93. The van der Waals surface area contributed by atoms with E-state index in [0.717, 1.165) is 29.2 Å². The lowest BCUT2D eigenvalue weighted by molar-refractivity contribution is -0.131. The molecule has 0 bridgehead atoms. The van der Waals surface area contributed by atoms with Crippen LogP contribution in [0.25, 0.3) is 17.1 Å². The van der Waals surface area contributed by atoms with Gasteiger partial charge in [0.15, 0.2) is 0 Å². The van der Waals surface area contributed by atoms with Crippen LogP contribution in [0.5, 0.6) is 0 Å². The number of aliphatic carboxylic acids is 1. The topological polar surface area (TPSA) is 55.1 Å². The third-order valence-electron chi connectivity index (χ3n) is 2.83. The summed E-state index contributed by atoms with van der Waals surface area (Å²) in [6, 6.07) is 3.73. The maximum Gasteiger partial charge on any atom is 0.328 e. The van der Waals surface area contributed by atoms with Crippen molar-refractivity contribution in [2.24, 2.45) is 0 Å². The van der Waals surface area contributed by atoms with Gasteiger partial charge in [-0.25, -0.2) is 9.78 Å². The molecule has 0 amide bonds. The molecule has 94 valence electrons. The quantitative estimate of drug-likeness (QED) is 0.867. The van der Waals surface area contributed by atoms with Crippen molar-refractivity contribution in [1.82, 2.24) is 9.55 Å². The summed E-state index contributed by atoms with van der Waals surface area (Å²) in [6.45, 7) is 4.61. The van der Waals surface area contributed by atoms with Gasteiger partial charge in [-0.1, -0.05) is 11.6 Å². The Kier molecular flexibility index (Phi) is 3.39. The zero-order valence-corrected chi connectivity index (χ0v) is 10.9. The Hall–Kier alpha value is -1.81. The molecule has 1 aromatic heterocycles. The van der Waals surface area contributed by atoms with Crippen LogP contribution in [0.1, 0.15) is 18.3 Å². The number of fused-ring (bicyclic) bond motifs is 1. The van der Waals surface area contributed by atoms with Crippen LogP contribution in [-0.2, 0) is 11.3 Å². The Bertz CT molecular complexity index is 644. The fourth-order valence-electron chi connectivity index (χ4n) is 1.92. The molecule has 0 spiro atoms. The minimum Gasteiger partial charge on any atom is -0.478 e. The molecular formula is C13H13ClN2O2. The molecule has 2 aromatic rings. The average molecular weight is 265 g/mol. The smallest absolute Gasteiger partial charge is 0.328 e. The van der Waals surface area contributed by atoms with E-state index in [9.17, 15) is 4.79 Å². The first-order valence-corrected chi connectivity index (χ1v) is 5.98. The first kappa shape index (κ1) is 12.6. The van der Waals surface area contributed by atoms with E-state index < -0.39 is 5.97 Å².